The number of carbonyl (C=O) groups excluding carboxylic acids is 1. The van der Waals surface area contributed by atoms with Crippen LogP contribution < -0.4 is 19.7 Å². The van der Waals surface area contributed by atoms with Crippen LogP contribution in [0, 0.1) is 5.92 Å². The van der Waals surface area contributed by atoms with Crippen LogP contribution in [0.1, 0.15) is 13.8 Å². The van der Waals surface area contributed by atoms with Crippen LogP contribution in [-0.4, -0.2) is 54.2 Å². The van der Waals surface area contributed by atoms with E-state index < -0.39 is 0 Å². The van der Waals surface area contributed by atoms with E-state index in [0.29, 0.717) is 19.0 Å². The summed E-state index contributed by atoms with van der Waals surface area (Å²) in [6.07, 6.45) is 0. The van der Waals surface area contributed by atoms with Crippen molar-refractivity contribution in [1.29, 1.82) is 0 Å². The molecule has 0 atom stereocenters. The zero-order valence-corrected chi connectivity index (χ0v) is 12.1. The summed E-state index contributed by atoms with van der Waals surface area (Å²) >= 11 is 0. The number of nitrogens with zero attached hydrogens (tertiary/aromatic N) is 4. The van der Waals surface area contributed by atoms with Crippen molar-refractivity contribution in [3.05, 3.63) is 0 Å². The maximum Gasteiger partial charge on any atom is 0.324 e. The zero-order chi connectivity index (χ0) is 14.7. The van der Waals surface area contributed by atoms with Crippen LogP contribution in [-0.2, 0) is 4.79 Å². The van der Waals surface area contributed by atoms with E-state index in [0.717, 1.165) is 0 Å². The van der Waals surface area contributed by atoms with Crippen LogP contribution in [0.25, 0.3) is 0 Å². The number of rotatable bonds is 5. The number of hydrogen-bond donors (Lipinski definition) is 1. The van der Waals surface area contributed by atoms with E-state index in [4.69, 9.17) is 9.47 Å². The van der Waals surface area contributed by atoms with Crippen LogP contribution in [0.4, 0.5) is 5.95 Å². The predicted octanol–water partition coefficient (Wildman–Crippen LogP) is -0.150. The van der Waals surface area contributed by atoms with Gasteiger partial charge in [-0.25, -0.2) is 0 Å². The SMILES string of the molecule is COc1nc(OC)nc(N2CC(C(=O)NC(C)C)C2)n1. The number of aromatic nitrogens is 3. The normalized spacial score (nSPS) is 14.9. The summed E-state index contributed by atoms with van der Waals surface area (Å²) < 4.78 is 9.99. The first kappa shape index (κ1) is 14.3. The quantitative estimate of drug-likeness (QED) is 0.802. The molecule has 1 fully saturated rings. The Morgan fingerprint density at radius 1 is 1.20 bits per heavy atom. The zero-order valence-electron chi connectivity index (χ0n) is 12.1. The second kappa shape index (κ2) is 5.89. The number of anilines is 1. The molecule has 0 radical (unpaired) electrons. The van der Waals surface area contributed by atoms with Gasteiger partial charge in [-0.15, -0.1) is 4.98 Å². The third kappa shape index (κ3) is 3.06. The van der Waals surface area contributed by atoms with E-state index in [2.05, 4.69) is 20.3 Å². The van der Waals surface area contributed by atoms with Crippen molar-refractivity contribution in [2.45, 2.75) is 19.9 Å². The van der Waals surface area contributed by atoms with Crippen LogP contribution in [0.2, 0.25) is 0 Å². The molecule has 1 saturated heterocycles. The van der Waals surface area contributed by atoms with Gasteiger partial charge in [0, 0.05) is 19.1 Å². The molecule has 0 bridgehead atoms. The molecule has 1 amide bonds. The minimum absolute atomic E-state index is 0.0360. The minimum atomic E-state index is -0.0360. The standard InChI is InChI=1S/C12H19N5O3/c1-7(2)13-9(18)8-5-17(6-8)10-14-11(19-3)16-12(15-10)20-4/h7-8H,5-6H2,1-4H3,(H,13,18). The minimum Gasteiger partial charge on any atom is -0.467 e. The van der Waals surface area contributed by atoms with Crippen molar-refractivity contribution in [2.24, 2.45) is 5.92 Å². The fraction of sp³-hybridized carbons (Fsp3) is 0.667. The fourth-order valence-electron chi connectivity index (χ4n) is 1.86. The van der Waals surface area contributed by atoms with E-state index >= 15 is 0 Å². The highest BCUT2D eigenvalue weighted by Crippen LogP contribution is 2.24. The average Bonchev–Trinajstić information content (AvgIpc) is 2.35. The molecular weight excluding hydrogens is 262 g/mol. The van der Waals surface area contributed by atoms with Crippen molar-refractivity contribution in [3.8, 4) is 12.0 Å². The van der Waals surface area contributed by atoms with Crippen LogP contribution in [0.15, 0.2) is 0 Å². The van der Waals surface area contributed by atoms with Crippen molar-refractivity contribution in [3.63, 3.8) is 0 Å². The van der Waals surface area contributed by atoms with Gasteiger partial charge in [-0.3, -0.25) is 4.79 Å². The molecule has 0 spiro atoms. The fourth-order valence-corrected chi connectivity index (χ4v) is 1.86. The molecule has 20 heavy (non-hydrogen) atoms. The third-order valence-corrected chi connectivity index (χ3v) is 2.91. The van der Waals surface area contributed by atoms with Gasteiger partial charge in [-0.2, -0.15) is 9.97 Å². The van der Waals surface area contributed by atoms with Gasteiger partial charge in [0.05, 0.1) is 20.1 Å². The topological polar surface area (TPSA) is 89.5 Å². The van der Waals surface area contributed by atoms with Crippen LogP contribution >= 0.6 is 0 Å². The summed E-state index contributed by atoms with van der Waals surface area (Å²) in [5.74, 6) is 0.484. The number of amides is 1. The van der Waals surface area contributed by atoms with E-state index in [9.17, 15) is 4.79 Å². The highest BCUT2D eigenvalue weighted by molar-refractivity contribution is 5.81. The monoisotopic (exact) mass is 281 g/mol. The Morgan fingerprint density at radius 3 is 2.20 bits per heavy atom. The molecule has 1 aromatic rings. The summed E-state index contributed by atoms with van der Waals surface area (Å²) in [6.45, 7) is 5.04. The molecule has 0 aliphatic carbocycles. The third-order valence-electron chi connectivity index (χ3n) is 2.91. The summed E-state index contributed by atoms with van der Waals surface area (Å²) in [4.78, 5) is 25.9. The molecule has 1 aliphatic rings. The smallest absolute Gasteiger partial charge is 0.324 e. The van der Waals surface area contributed by atoms with Gasteiger partial charge in [0.1, 0.15) is 0 Å². The van der Waals surface area contributed by atoms with E-state index in [-0.39, 0.29) is 29.9 Å². The highest BCUT2D eigenvalue weighted by Gasteiger charge is 2.35. The summed E-state index contributed by atoms with van der Waals surface area (Å²) in [5, 5.41) is 2.89. The van der Waals surface area contributed by atoms with Gasteiger partial charge >= 0.3 is 12.0 Å². The molecule has 2 rings (SSSR count). The second-order valence-electron chi connectivity index (χ2n) is 4.87. The molecule has 2 heterocycles. The van der Waals surface area contributed by atoms with Gasteiger partial charge in [0.15, 0.2) is 0 Å². The first-order valence-electron chi connectivity index (χ1n) is 6.43. The van der Waals surface area contributed by atoms with Gasteiger partial charge in [-0.1, -0.05) is 0 Å². The molecule has 0 aromatic carbocycles. The first-order valence-corrected chi connectivity index (χ1v) is 6.43. The Kier molecular flexibility index (Phi) is 4.21. The molecule has 0 saturated carbocycles. The highest BCUT2D eigenvalue weighted by atomic mass is 16.5. The lowest BCUT2D eigenvalue weighted by Gasteiger charge is -2.38. The Bertz CT molecular complexity index is 466. The van der Waals surface area contributed by atoms with Gasteiger partial charge in [-0.05, 0) is 13.8 Å². The van der Waals surface area contributed by atoms with Gasteiger partial charge < -0.3 is 19.7 Å². The number of nitrogens with one attached hydrogen (secondary N) is 1. The van der Waals surface area contributed by atoms with E-state index in [1.54, 1.807) is 0 Å². The number of methoxy groups -OCH3 is 2. The molecule has 1 aliphatic heterocycles. The molecule has 8 heteroatoms. The predicted molar refractivity (Wildman–Crippen MR) is 71.9 cm³/mol. The molecule has 0 unspecified atom stereocenters. The van der Waals surface area contributed by atoms with E-state index in [1.165, 1.54) is 14.2 Å². The number of ether oxygens (including phenoxy) is 2. The van der Waals surface area contributed by atoms with Crippen molar-refractivity contribution in [1.82, 2.24) is 20.3 Å². The maximum atomic E-state index is 11.8. The maximum absolute atomic E-state index is 11.8. The largest absolute Gasteiger partial charge is 0.467 e. The molecule has 110 valence electrons. The lowest BCUT2D eigenvalue weighted by Crippen LogP contribution is -2.55. The summed E-state index contributed by atoms with van der Waals surface area (Å²) in [5.41, 5.74) is 0. The first-order chi connectivity index (χ1) is 9.53. The Morgan fingerprint density at radius 2 is 1.75 bits per heavy atom. The Labute approximate surface area is 117 Å². The summed E-state index contributed by atoms with van der Waals surface area (Å²) in [6, 6.07) is 0.540. The van der Waals surface area contributed by atoms with Gasteiger partial charge in [0.25, 0.3) is 0 Å². The van der Waals surface area contributed by atoms with Gasteiger partial charge in [0.2, 0.25) is 11.9 Å². The number of hydrogen-bond acceptors (Lipinski definition) is 7. The Hall–Kier alpha value is -2.12. The summed E-state index contributed by atoms with van der Waals surface area (Å²) in [7, 11) is 2.96. The van der Waals surface area contributed by atoms with Crippen LogP contribution in [0.3, 0.4) is 0 Å². The molecule has 1 aromatic heterocycles. The van der Waals surface area contributed by atoms with Crippen LogP contribution in [0.5, 0.6) is 12.0 Å². The second-order valence-corrected chi connectivity index (χ2v) is 4.87. The molecule has 8 nitrogen and oxygen atoms in total. The lowest BCUT2D eigenvalue weighted by atomic mass is 9.99. The lowest BCUT2D eigenvalue weighted by molar-refractivity contribution is -0.126. The average molecular weight is 281 g/mol. The number of carbonyl (C=O) groups is 1. The van der Waals surface area contributed by atoms with Crippen molar-refractivity contribution < 1.29 is 14.3 Å². The Balaban J connectivity index is 2.00. The van der Waals surface area contributed by atoms with Crippen molar-refractivity contribution >= 4 is 11.9 Å². The van der Waals surface area contributed by atoms with E-state index in [1.807, 2.05) is 18.7 Å². The molecular formula is C12H19N5O3. The molecule has 1 N–H and O–H groups in total. The van der Waals surface area contributed by atoms with Crippen molar-refractivity contribution in [2.75, 3.05) is 32.2 Å².